The van der Waals surface area contributed by atoms with E-state index < -0.39 is 5.54 Å². The normalized spacial score (nSPS) is 11.1. The lowest BCUT2D eigenvalue weighted by atomic mass is 10.1. The molecule has 0 radical (unpaired) electrons. The fourth-order valence-electron chi connectivity index (χ4n) is 1.58. The molecule has 0 aliphatic heterocycles. The third kappa shape index (κ3) is 2.31. The molecule has 2 aromatic rings. The smallest absolute Gasteiger partial charge is 0.268 e. The predicted molar refractivity (Wildman–Crippen MR) is 68.7 cm³/mol. The molecule has 0 saturated heterocycles. The van der Waals surface area contributed by atoms with Crippen molar-refractivity contribution in [3.63, 3.8) is 0 Å². The molecule has 1 aromatic heterocycles. The molecule has 0 saturated carbocycles. The van der Waals surface area contributed by atoms with Crippen LogP contribution >= 0.6 is 0 Å². The van der Waals surface area contributed by atoms with Gasteiger partial charge in [0.2, 0.25) is 0 Å². The summed E-state index contributed by atoms with van der Waals surface area (Å²) in [5.74, 6) is 2.34. The number of para-hydroxylation sites is 1. The first-order valence-corrected chi connectivity index (χ1v) is 5.40. The molecule has 2 rings (SSSR count). The molecule has 0 unspecified atom stereocenters. The van der Waals surface area contributed by atoms with Crippen LogP contribution in [0.1, 0.15) is 24.3 Å². The second-order valence-electron chi connectivity index (χ2n) is 4.49. The number of aromatic amines is 1. The van der Waals surface area contributed by atoms with Crippen molar-refractivity contribution in [3.05, 3.63) is 36.0 Å². The van der Waals surface area contributed by atoms with E-state index in [0.29, 0.717) is 5.69 Å². The van der Waals surface area contributed by atoms with Gasteiger partial charge in [0.25, 0.3) is 5.91 Å². The van der Waals surface area contributed by atoms with Crippen molar-refractivity contribution in [3.8, 4) is 12.3 Å². The summed E-state index contributed by atoms with van der Waals surface area (Å²) < 4.78 is 0. The van der Waals surface area contributed by atoms with Crippen molar-refractivity contribution in [1.29, 1.82) is 0 Å². The van der Waals surface area contributed by atoms with Crippen LogP contribution in [-0.4, -0.2) is 16.4 Å². The van der Waals surface area contributed by atoms with Crippen LogP contribution in [0.3, 0.4) is 0 Å². The number of rotatable bonds is 2. The summed E-state index contributed by atoms with van der Waals surface area (Å²) in [5.41, 5.74) is 0.819. The molecule has 2 N–H and O–H groups in total. The Morgan fingerprint density at radius 1 is 1.41 bits per heavy atom. The highest BCUT2D eigenvalue weighted by molar-refractivity contribution is 5.98. The molecule has 1 amide bonds. The fourth-order valence-corrected chi connectivity index (χ4v) is 1.58. The Morgan fingerprint density at radius 2 is 2.12 bits per heavy atom. The first kappa shape index (κ1) is 11.3. The summed E-state index contributed by atoms with van der Waals surface area (Å²) in [5, 5.41) is 3.79. The van der Waals surface area contributed by atoms with Gasteiger partial charge in [-0.1, -0.05) is 24.1 Å². The van der Waals surface area contributed by atoms with E-state index in [0.717, 1.165) is 10.9 Å². The van der Waals surface area contributed by atoms with Gasteiger partial charge in [-0.3, -0.25) is 4.79 Å². The van der Waals surface area contributed by atoms with Gasteiger partial charge in [-0.15, -0.1) is 6.42 Å². The van der Waals surface area contributed by atoms with Crippen molar-refractivity contribution in [2.45, 2.75) is 19.4 Å². The van der Waals surface area contributed by atoms with E-state index in [2.05, 4.69) is 16.2 Å². The van der Waals surface area contributed by atoms with E-state index in [1.165, 1.54) is 0 Å². The van der Waals surface area contributed by atoms with Crippen LogP contribution in [0.15, 0.2) is 30.3 Å². The molecule has 3 nitrogen and oxygen atoms in total. The SMILES string of the molecule is C#CC(C)(C)NC(=O)c1cc2ccccc2[nH]1. The van der Waals surface area contributed by atoms with E-state index in [4.69, 9.17) is 6.42 Å². The van der Waals surface area contributed by atoms with Crippen LogP contribution in [0, 0.1) is 12.3 Å². The quantitative estimate of drug-likeness (QED) is 0.758. The fraction of sp³-hybridized carbons (Fsp3) is 0.214. The zero-order valence-corrected chi connectivity index (χ0v) is 9.87. The van der Waals surface area contributed by atoms with Crippen molar-refractivity contribution in [1.82, 2.24) is 10.3 Å². The minimum absolute atomic E-state index is 0.191. The van der Waals surface area contributed by atoms with Gasteiger partial charge >= 0.3 is 0 Å². The van der Waals surface area contributed by atoms with E-state index in [9.17, 15) is 4.79 Å². The zero-order valence-electron chi connectivity index (χ0n) is 9.87. The molecule has 0 bridgehead atoms. The average Bonchev–Trinajstić information content (AvgIpc) is 2.72. The van der Waals surface area contributed by atoms with Crippen LogP contribution in [-0.2, 0) is 0 Å². The third-order valence-electron chi connectivity index (χ3n) is 2.56. The number of terminal acetylenes is 1. The number of amides is 1. The Kier molecular flexibility index (Phi) is 2.64. The highest BCUT2D eigenvalue weighted by Crippen LogP contribution is 2.15. The highest BCUT2D eigenvalue weighted by Gasteiger charge is 2.19. The van der Waals surface area contributed by atoms with Crippen molar-refractivity contribution in [2.24, 2.45) is 0 Å². The number of carbonyl (C=O) groups excluding carboxylic acids is 1. The van der Waals surface area contributed by atoms with Crippen LogP contribution in [0.2, 0.25) is 0 Å². The maximum absolute atomic E-state index is 12.0. The summed E-state index contributed by atoms with van der Waals surface area (Å²) in [6.07, 6.45) is 5.33. The lowest BCUT2D eigenvalue weighted by Crippen LogP contribution is -2.42. The Hall–Kier alpha value is -2.21. The lowest BCUT2D eigenvalue weighted by Gasteiger charge is -2.18. The number of hydrogen-bond donors (Lipinski definition) is 2. The van der Waals surface area contributed by atoms with Gasteiger partial charge in [0.1, 0.15) is 5.69 Å². The average molecular weight is 226 g/mol. The second-order valence-corrected chi connectivity index (χ2v) is 4.49. The van der Waals surface area contributed by atoms with E-state index >= 15 is 0 Å². The van der Waals surface area contributed by atoms with E-state index in [1.807, 2.05) is 30.3 Å². The minimum atomic E-state index is -0.644. The zero-order chi connectivity index (χ0) is 12.5. The molecular weight excluding hydrogens is 212 g/mol. The maximum atomic E-state index is 12.0. The molecule has 0 fully saturated rings. The van der Waals surface area contributed by atoms with Crippen LogP contribution in [0.4, 0.5) is 0 Å². The molecule has 1 aromatic carbocycles. The maximum Gasteiger partial charge on any atom is 0.268 e. The molecule has 1 heterocycles. The van der Waals surface area contributed by atoms with Crippen molar-refractivity contribution < 1.29 is 4.79 Å². The number of H-pyrrole nitrogens is 1. The summed E-state index contributed by atoms with van der Waals surface area (Å²) >= 11 is 0. The summed E-state index contributed by atoms with van der Waals surface area (Å²) in [6, 6.07) is 9.56. The first-order valence-electron chi connectivity index (χ1n) is 5.40. The molecule has 86 valence electrons. The van der Waals surface area contributed by atoms with E-state index in [1.54, 1.807) is 13.8 Å². The Morgan fingerprint density at radius 3 is 2.76 bits per heavy atom. The number of fused-ring (bicyclic) bond motifs is 1. The topological polar surface area (TPSA) is 44.9 Å². The number of carbonyl (C=O) groups is 1. The van der Waals surface area contributed by atoms with Gasteiger partial charge in [0.15, 0.2) is 0 Å². The number of nitrogens with one attached hydrogen (secondary N) is 2. The van der Waals surface area contributed by atoms with Gasteiger partial charge in [0, 0.05) is 10.9 Å². The largest absolute Gasteiger partial charge is 0.351 e. The third-order valence-corrected chi connectivity index (χ3v) is 2.56. The summed E-state index contributed by atoms with van der Waals surface area (Å²) in [4.78, 5) is 15.0. The standard InChI is InChI=1S/C14H14N2O/c1-4-14(2,3)16-13(17)12-9-10-7-5-6-8-11(10)15-12/h1,5-9,15H,2-3H3,(H,16,17). The Balaban J connectivity index is 2.29. The summed E-state index contributed by atoms with van der Waals surface area (Å²) in [7, 11) is 0. The number of hydrogen-bond acceptors (Lipinski definition) is 1. The molecule has 17 heavy (non-hydrogen) atoms. The predicted octanol–water partition coefficient (Wildman–Crippen LogP) is 2.31. The summed E-state index contributed by atoms with van der Waals surface area (Å²) in [6.45, 7) is 3.57. The van der Waals surface area contributed by atoms with Gasteiger partial charge < -0.3 is 10.3 Å². The van der Waals surface area contributed by atoms with Gasteiger partial charge in [-0.2, -0.15) is 0 Å². The van der Waals surface area contributed by atoms with Gasteiger partial charge in [-0.25, -0.2) is 0 Å². The van der Waals surface area contributed by atoms with Crippen LogP contribution in [0.25, 0.3) is 10.9 Å². The van der Waals surface area contributed by atoms with Crippen molar-refractivity contribution >= 4 is 16.8 Å². The molecule has 3 heteroatoms. The van der Waals surface area contributed by atoms with Crippen LogP contribution < -0.4 is 5.32 Å². The van der Waals surface area contributed by atoms with Crippen LogP contribution in [0.5, 0.6) is 0 Å². The molecule has 0 aliphatic carbocycles. The second kappa shape index (κ2) is 3.99. The lowest BCUT2D eigenvalue weighted by molar-refractivity contribution is 0.0925. The first-order chi connectivity index (χ1) is 8.02. The molecule has 0 spiro atoms. The van der Waals surface area contributed by atoms with Crippen molar-refractivity contribution in [2.75, 3.05) is 0 Å². The molecule has 0 atom stereocenters. The Labute approximate surface area is 100 Å². The van der Waals surface area contributed by atoms with Gasteiger partial charge in [-0.05, 0) is 26.0 Å². The molecule has 0 aliphatic rings. The minimum Gasteiger partial charge on any atom is -0.351 e. The molecular formula is C14H14N2O. The van der Waals surface area contributed by atoms with E-state index in [-0.39, 0.29) is 5.91 Å². The number of benzene rings is 1. The Bertz CT molecular complexity index is 569. The highest BCUT2D eigenvalue weighted by atomic mass is 16.2. The van der Waals surface area contributed by atoms with Gasteiger partial charge in [0.05, 0.1) is 5.54 Å². The number of aromatic nitrogens is 1. The monoisotopic (exact) mass is 226 g/mol.